The first-order chi connectivity index (χ1) is 9.69. The molecule has 3 nitrogen and oxygen atoms in total. The molecule has 6 heteroatoms. The van der Waals surface area contributed by atoms with Gasteiger partial charge in [0.1, 0.15) is 12.4 Å². The maximum absolute atomic E-state index is 12.0. The second kappa shape index (κ2) is 5.85. The summed E-state index contributed by atoms with van der Waals surface area (Å²) < 4.78 is 46.1. The third-order valence-electron chi connectivity index (χ3n) is 3.59. The van der Waals surface area contributed by atoms with Crippen molar-refractivity contribution in [2.75, 3.05) is 19.8 Å². The number of rotatable bonds is 5. The van der Waals surface area contributed by atoms with Gasteiger partial charge >= 0.3 is 6.18 Å². The van der Waals surface area contributed by atoms with Crippen LogP contribution in [0.2, 0.25) is 0 Å². The Kier molecular flexibility index (Phi) is 4.49. The van der Waals surface area contributed by atoms with Crippen LogP contribution in [-0.2, 0) is 10.2 Å². The number of halogens is 3. The van der Waals surface area contributed by atoms with Crippen molar-refractivity contribution in [3.8, 4) is 5.75 Å². The first kappa shape index (κ1) is 16.1. The highest BCUT2D eigenvalue weighted by atomic mass is 19.4. The van der Waals surface area contributed by atoms with Gasteiger partial charge in [0.2, 0.25) is 0 Å². The zero-order chi connectivity index (χ0) is 15.7. The van der Waals surface area contributed by atoms with Gasteiger partial charge in [-0.25, -0.2) is 0 Å². The fraction of sp³-hybridized carbons (Fsp3) is 0.600. The van der Waals surface area contributed by atoms with Crippen molar-refractivity contribution in [1.29, 1.82) is 0 Å². The average molecular weight is 303 g/mol. The van der Waals surface area contributed by atoms with Crippen molar-refractivity contribution < 1.29 is 22.6 Å². The molecule has 0 saturated heterocycles. The smallest absolute Gasteiger partial charge is 0.411 e. The fourth-order valence-electron chi connectivity index (χ4n) is 2.33. The minimum absolute atomic E-state index is 0.0162. The second-order valence-electron chi connectivity index (χ2n) is 5.99. The summed E-state index contributed by atoms with van der Waals surface area (Å²) in [6.45, 7) is 3.54. The summed E-state index contributed by atoms with van der Waals surface area (Å²) in [4.78, 5) is 0. The second-order valence-corrected chi connectivity index (χ2v) is 5.99. The number of hydrogen-bond donors (Lipinski definition) is 1. The minimum atomic E-state index is -4.29. The van der Waals surface area contributed by atoms with Crippen LogP contribution in [-0.4, -0.2) is 26.0 Å². The van der Waals surface area contributed by atoms with E-state index in [1.165, 1.54) is 0 Å². The zero-order valence-electron chi connectivity index (χ0n) is 12.2. The van der Waals surface area contributed by atoms with Crippen LogP contribution in [0.3, 0.4) is 0 Å². The molecule has 1 atom stereocenters. The van der Waals surface area contributed by atoms with E-state index in [1.54, 1.807) is 0 Å². The van der Waals surface area contributed by atoms with Crippen molar-refractivity contribution in [2.24, 2.45) is 5.73 Å². The minimum Gasteiger partial charge on any atom is -0.492 e. The number of fused-ring (bicyclic) bond motifs is 1. The van der Waals surface area contributed by atoms with E-state index in [9.17, 15) is 13.2 Å². The lowest BCUT2D eigenvalue weighted by molar-refractivity contribution is -0.174. The Balaban J connectivity index is 1.93. The average Bonchev–Trinajstić information content (AvgIpc) is 2.69. The first-order valence-corrected chi connectivity index (χ1v) is 6.86. The highest BCUT2D eigenvalue weighted by molar-refractivity contribution is 5.45. The Morgan fingerprint density at radius 1 is 1.38 bits per heavy atom. The fourth-order valence-corrected chi connectivity index (χ4v) is 2.33. The standard InChI is InChI=1S/C15H20F3NO2/c1-14(2)8-21-13-4-3-10(7-11(13)14)12(19)5-6-20-9-15(16,17)18/h3-4,7,12H,5-6,8-9,19H2,1-2H3. The Bertz CT molecular complexity index is 500. The van der Waals surface area contributed by atoms with Crippen LogP contribution in [0, 0.1) is 0 Å². The normalized spacial score (nSPS) is 18.2. The van der Waals surface area contributed by atoms with Crippen molar-refractivity contribution in [2.45, 2.75) is 37.9 Å². The summed E-state index contributed by atoms with van der Waals surface area (Å²) in [6.07, 6.45) is -3.95. The van der Waals surface area contributed by atoms with Gasteiger partial charge in [-0.1, -0.05) is 19.9 Å². The molecule has 0 aliphatic carbocycles. The number of hydrogen-bond acceptors (Lipinski definition) is 3. The van der Waals surface area contributed by atoms with E-state index in [1.807, 2.05) is 18.2 Å². The van der Waals surface area contributed by atoms with Crippen molar-refractivity contribution in [3.63, 3.8) is 0 Å². The maximum atomic E-state index is 12.0. The van der Waals surface area contributed by atoms with E-state index in [4.69, 9.17) is 10.5 Å². The van der Waals surface area contributed by atoms with Crippen molar-refractivity contribution in [1.82, 2.24) is 0 Å². The highest BCUT2D eigenvalue weighted by Gasteiger charge is 2.32. The molecule has 1 aliphatic rings. The Hall–Kier alpha value is -1.27. The van der Waals surface area contributed by atoms with Crippen LogP contribution in [0.15, 0.2) is 18.2 Å². The molecule has 2 rings (SSSR count). The lowest BCUT2D eigenvalue weighted by Crippen LogP contribution is -2.20. The van der Waals surface area contributed by atoms with E-state index in [0.29, 0.717) is 13.0 Å². The zero-order valence-corrected chi connectivity index (χ0v) is 12.2. The van der Waals surface area contributed by atoms with Crippen LogP contribution >= 0.6 is 0 Å². The molecular formula is C15H20F3NO2. The van der Waals surface area contributed by atoms with E-state index in [0.717, 1.165) is 16.9 Å². The first-order valence-electron chi connectivity index (χ1n) is 6.86. The van der Waals surface area contributed by atoms with E-state index in [-0.39, 0.29) is 18.1 Å². The number of benzene rings is 1. The third kappa shape index (κ3) is 4.11. The molecule has 1 unspecified atom stereocenters. The van der Waals surface area contributed by atoms with Gasteiger partial charge in [0.15, 0.2) is 0 Å². The van der Waals surface area contributed by atoms with Crippen LogP contribution in [0.4, 0.5) is 13.2 Å². The molecule has 1 heterocycles. The van der Waals surface area contributed by atoms with Gasteiger partial charge in [-0.3, -0.25) is 0 Å². The molecule has 21 heavy (non-hydrogen) atoms. The summed E-state index contributed by atoms with van der Waals surface area (Å²) >= 11 is 0. The molecule has 0 radical (unpaired) electrons. The van der Waals surface area contributed by atoms with Gasteiger partial charge in [-0.05, 0) is 24.1 Å². The molecular weight excluding hydrogens is 283 g/mol. The summed E-state index contributed by atoms with van der Waals surface area (Å²) in [5.41, 5.74) is 7.93. The van der Waals surface area contributed by atoms with Gasteiger partial charge in [0, 0.05) is 23.6 Å². The van der Waals surface area contributed by atoms with Crippen LogP contribution in [0.1, 0.15) is 37.4 Å². The Morgan fingerprint density at radius 2 is 2.10 bits per heavy atom. The predicted octanol–water partition coefficient (Wildman–Crippen LogP) is 3.33. The van der Waals surface area contributed by atoms with E-state index in [2.05, 4.69) is 18.6 Å². The summed E-state index contributed by atoms with van der Waals surface area (Å²) in [6, 6.07) is 5.36. The molecule has 1 aliphatic heterocycles. The molecule has 0 spiro atoms. The molecule has 1 aromatic carbocycles. The maximum Gasteiger partial charge on any atom is 0.411 e. The van der Waals surface area contributed by atoms with Gasteiger partial charge in [-0.15, -0.1) is 0 Å². The predicted molar refractivity (Wildman–Crippen MR) is 73.4 cm³/mol. The summed E-state index contributed by atoms with van der Waals surface area (Å²) in [7, 11) is 0. The molecule has 2 N–H and O–H groups in total. The summed E-state index contributed by atoms with van der Waals surface area (Å²) in [5, 5.41) is 0. The van der Waals surface area contributed by atoms with Crippen LogP contribution in [0.5, 0.6) is 5.75 Å². The monoisotopic (exact) mass is 303 g/mol. The third-order valence-corrected chi connectivity index (χ3v) is 3.59. The summed E-state index contributed by atoms with van der Waals surface area (Å²) in [5.74, 6) is 0.851. The van der Waals surface area contributed by atoms with Gasteiger partial charge in [0.25, 0.3) is 0 Å². The molecule has 0 amide bonds. The largest absolute Gasteiger partial charge is 0.492 e. The SMILES string of the molecule is CC1(C)COc2ccc(C(N)CCOCC(F)(F)F)cc21. The van der Waals surface area contributed by atoms with E-state index < -0.39 is 12.8 Å². The van der Waals surface area contributed by atoms with Gasteiger partial charge < -0.3 is 15.2 Å². The number of alkyl halides is 3. The molecule has 1 aromatic rings. The topological polar surface area (TPSA) is 44.5 Å². The molecule has 0 bridgehead atoms. The lowest BCUT2D eigenvalue weighted by Gasteiger charge is -2.18. The molecule has 0 fully saturated rings. The van der Waals surface area contributed by atoms with Crippen LogP contribution < -0.4 is 10.5 Å². The Morgan fingerprint density at radius 3 is 2.76 bits per heavy atom. The molecule has 0 aromatic heterocycles. The van der Waals surface area contributed by atoms with Crippen molar-refractivity contribution >= 4 is 0 Å². The number of nitrogens with two attached hydrogens (primary N) is 1. The highest BCUT2D eigenvalue weighted by Crippen LogP contribution is 2.39. The van der Waals surface area contributed by atoms with E-state index >= 15 is 0 Å². The Labute approximate surface area is 122 Å². The van der Waals surface area contributed by atoms with Crippen molar-refractivity contribution in [3.05, 3.63) is 29.3 Å². The van der Waals surface area contributed by atoms with Crippen LogP contribution in [0.25, 0.3) is 0 Å². The quantitative estimate of drug-likeness (QED) is 0.849. The van der Waals surface area contributed by atoms with Gasteiger partial charge in [-0.2, -0.15) is 13.2 Å². The molecule has 118 valence electrons. The lowest BCUT2D eigenvalue weighted by atomic mass is 9.85. The molecule has 0 saturated carbocycles. The van der Waals surface area contributed by atoms with Gasteiger partial charge in [0.05, 0.1) is 6.61 Å². The number of ether oxygens (including phenoxy) is 2.